The largest absolute Gasteiger partial charge is 0.466 e. The molecule has 1 aliphatic heterocycles. The Balaban J connectivity index is 2.42. The molecule has 0 unspecified atom stereocenters. The summed E-state index contributed by atoms with van der Waals surface area (Å²) in [5.74, 6) is -1.38. The topological polar surface area (TPSA) is 27.7 Å². The van der Waals surface area contributed by atoms with Crippen molar-refractivity contribution in [2.75, 3.05) is 0 Å². The van der Waals surface area contributed by atoms with Crippen LogP contribution in [-0.4, -0.2) is 22.5 Å². The zero-order valence-electron chi connectivity index (χ0n) is 8.20. The van der Waals surface area contributed by atoms with Gasteiger partial charge in [-0.2, -0.15) is 13.2 Å². The van der Waals surface area contributed by atoms with Gasteiger partial charge >= 0.3 is 28.7 Å². The van der Waals surface area contributed by atoms with Crippen LogP contribution in [0.3, 0.4) is 0 Å². The Labute approximate surface area is 95.8 Å². The van der Waals surface area contributed by atoms with Gasteiger partial charge in [-0.15, -0.1) is 0 Å². The second-order valence-corrected chi connectivity index (χ2v) is 3.13. The molecule has 0 amide bonds. The van der Waals surface area contributed by atoms with Crippen molar-refractivity contribution < 1.29 is 31.3 Å². The maximum Gasteiger partial charge on any atom is 0.466 e. The maximum absolute atomic E-state index is 13.2. The van der Waals surface area contributed by atoms with E-state index in [1.807, 2.05) is 0 Å². The molecule has 1 saturated heterocycles. The predicted molar refractivity (Wildman–Crippen MR) is 51.6 cm³/mol. The Hall–Kier alpha value is -0.985. The average molecular weight is 244 g/mol. The third-order valence-electron chi connectivity index (χ3n) is 2.05. The van der Waals surface area contributed by atoms with Crippen molar-refractivity contribution >= 4 is 28.0 Å². The molecule has 17 heavy (non-hydrogen) atoms. The van der Waals surface area contributed by atoms with Crippen LogP contribution in [0.5, 0.6) is 0 Å². The molecule has 0 bridgehead atoms. The van der Waals surface area contributed by atoms with Crippen LogP contribution in [0.1, 0.15) is 5.56 Å². The molecule has 1 heterocycles. The van der Waals surface area contributed by atoms with E-state index in [1.54, 1.807) is 0 Å². The summed E-state index contributed by atoms with van der Waals surface area (Å²) in [6.07, 6.45) is -4.83. The first-order valence-electron chi connectivity index (χ1n) is 4.45. The summed E-state index contributed by atoms with van der Waals surface area (Å²) < 4.78 is 65.0. The predicted octanol–water partition coefficient (Wildman–Crippen LogP) is 0.671. The Morgan fingerprint density at radius 3 is 2.35 bits per heavy atom. The number of halogens is 4. The molecule has 0 aliphatic carbocycles. The lowest BCUT2D eigenvalue weighted by Crippen LogP contribution is -2.47. The molecule has 10 heteroatoms. The molecule has 1 fully saturated rings. The first-order valence-corrected chi connectivity index (χ1v) is 4.45. The number of hydrogen-bond acceptors (Lipinski definition) is 3. The lowest BCUT2D eigenvalue weighted by Gasteiger charge is -2.22. The molecule has 1 aromatic carbocycles. The first kappa shape index (κ1) is 12.5. The van der Waals surface area contributed by atoms with Gasteiger partial charge in [-0.25, -0.2) is 4.39 Å². The number of benzene rings is 1. The molecule has 0 saturated carbocycles. The minimum Gasteiger partial charge on any atom is -0.457 e. The van der Waals surface area contributed by atoms with E-state index in [0.717, 1.165) is 33.6 Å². The van der Waals surface area contributed by atoms with Crippen molar-refractivity contribution in [3.63, 3.8) is 0 Å². The summed E-state index contributed by atoms with van der Waals surface area (Å²) in [4.78, 5) is 0. The zero-order valence-corrected chi connectivity index (χ0v) is 8.20. The third kappa shape index (κ3) is 2.64. The normalized spacial score (nSPS) is 16.4. The monoisotopic (exact) mass is 244 g/mol. The minimum atomic E-state index is -4.83. The lowest BCUT2D eigenvalue weighted by atomic mass is 9.72. The van der Waals surface area contributed by atoms with Crippen LogP contribution in [0.25, 0.3) is 0 Å². The fourth-order valence-electron chi connectivity index (χ4n) is 1.40. The highest BCUT2D eigenvalue weighted by molar-refractivity contribution is 6.71. The fraction of sp³-hybridized carbons (Fsp3) is 0.143. The van der Waals surface area contributed by atoms with Crippen LogP contribution in [0.4, 0.5) is 17.6 Å². The summed E-state index contributed by atoms with van der Waals surface area (Å²) in [5, 5.41) is 0. The molecule has 0 spiro atoms. The van der Waals surface area contributed by atoms with E-state index in [2.05, 4.69) is 13.7 Å². The van der Waals surface area contributed by atoms with Crippen LogP contribution >= 0.6 is 0 Å². The highest BCUT2D eigenvalue weighted by Gasteiger charge is 2.41. The Morgan fingerprint density at radius 2 is 1.76 bits per heavy atom. The van der Waals surface area contributed by atoms with Gasteiger partial charge in [0.1, 0.15) is 5.82 Å². The van der Waals surface area contributed by atoms with Gasteiger partial charge in [-0.05, 0) is 11.5 Å². The van der Waals surface area contributed by atoms with Crippen LogP contribution in [0.2, 0.25) is 0 Å². The van der Waals surface area contributed by atoms with Crippen LogP contribution < -0.4 is 5.46 Å². The van der Waals surface area contributed by atoms with Gasteiger partial charge in [0.15, 0.2) is 0 Å². The molecule has 0 atom stereocenters. The molecule has 0 N–H and O–H groups in total. The van der Waals surface area contributed by atoms with Crippen LogP contribution in [0, 0.1) is 5.82 Å². The van der Waals surface area contributed by atoms with Gasteiger partial charge in [0.2, 0.25) is 0 Å². The average Bonchev–Trinajstić information content (AvgIpc) is 2.28. The SMILES string of the molecule is Fc1cccc(B2O[B]O[B]O2)c1C(F)(F)F. The third-order valence-corrected chi connectivity index (χ3v) is 2.05. The summed E-state index contributed by atoms with van der Waals surface area (Å²) in [5.41, 5.74) is -1.86. The van der Waals surface area contributed by atoms with Crippen LogP contribution in [0.15, 0.2) is 18.2 Å². The molecule has 1 aliphatic rings. The van der Waals surface area contributed by atoms with Crippen molar-refractivity contribution in [3.8, 4) is 0 Å². The van der Waals surface area contributed by atoms with Gasteiger partial charge in [0, 0.05) is 0 Å². The molecule has 3 nitrogen and oxygen atoms in total. The van der Waals surface area contributed by atoms with Gasteiger partial charge in [-0.3, -0.25) is 0 Å². The van der Waals surface area contributed by atoms with Gasteiger partial charge in [0.05, 0.1) is 5.56 Å². The lowest BCUT2D eigenvalue weighted by molar-refractivity contribution is -0.139. The molecule has 86 valence electrons. The molecule has 0 aromatic heterocycles. The molecule has 2 radical (unpaired) electrons. The van der Waals surface area contributed by atoms with E-state index >= 15 is 0 Å². The first-order chi connectivity index (χ1) is 8.00. The van der Waals surface area contributed by atoms with Crippen LogP contribution in [-0.2, 0) is 19.9 Å². The fourth-order valence-corrected chi connectivity index (χ4v) is 1.40. The molecule has 2 rings (SSSR count). The molecular formula is C7H3B3F4O3. The Kier molecular flexibility index (Phi) is 3.46. The zero-order chi connectivity index (χ0) is 12.5. The number of alkyl halides is 3. The summed E-state index contributed by atoms with van der Waals surface area (Å²) in [7, 11) is 0.231. The summed E-state index contributed by atoms with van der Waals surface area (Å²) >= 11 is 0. The van der Waals surface area contributed by atoms with Gasteiger partial charge in [-0.1, -0.05) is 12.1 Å². The van der Waals surface area contributed by atoms with E-state index in [4.69, 9.17) is 0 Å². The van der Waals surface area contributed by atoms with Crippen molar-refractivity contribution in [1.82, 2.24) is 0 Å². The molecular weight excluding hydrogens is 241 g/mol. The summed E-state index contributed by atoms with van der Waals surface area (Å²) in [6.45, 7) is 0. The van der Waals surface area contributed by atoms with Gasteiger partial charge in [0.25, 0.3) is 0 Å². The van der Waals surface area contributed by atoms with E-state index in [-0.39, 0.29) is 0 Å². The van der Waals surface area contributed by atoms with Crippen molar-refractivity contribution in [1.29, 1.82) is 0 Å². The molecule has 1 aromatic rings. The number of rotatable bonds is 1. The van der Waals surface area contributed by atoms with Crippen molar-refractivity contribution in [3.05, 3.63) is 29.6 Å². The number of hydrogen-bond donors (Lipinski definition) is 0. The van der Waals surface area contributed by atoms with Gasteiger partial charge < -0.3 is 13.7 Å². The van der Waals surface area contributed by atoms with Crippen molar-refractivity contribution in [2.24, 2.45) is 0 Å². The second-order valence-electron chi connectivity index (χ2n) is 3.13. The standard InChI is InChI=1S/C7H3B3F4O3/c11-5-3-1-2-4(6(5)7(12,13)14)10-16-8-15-9-17-10/h1-3H. The van der Waals surface area contributed by atoms with E-state index in [0.29, 0.717) is 0 Å². The van der Waals surface area contributed by atoms with E-state index in [1.165, 1.54) is 0 Å². The van der Waals surface area contributed by atoms with Crippen molar-refractivity contribution in [2.45, 2.75) is 6.18 Å². The Bertz CT molecular complexity index is 408. The summed E-state index contributed by atoms with van der Waals surface area (Å²) in [6, 6.07) is 2.94. The Morgan fingerprint density at radius 1 is 1.12 bits per heavy atom. The highest BCUT2D eigenvalue weighted by atomic mass is 19.4. The second kappa shape index (κ2) is 4.71. The highest BCUT2D eigenvalue weighted by Crippen LogP contribution is 2.30. The van der Waals surface area contributed by atoms with E-state index < -0.39 is 30.1 Å². The maximum atomic E-state index is 13.2. The smallest absolute Gasteiger partial charge is 0.457 e. The quantitative estimate of drug-likeness (QED) is 0.536. The van der Waals surface area contributed by atoms with E-state index in [9.17, 15) is 17.6 Å². The minimum absolute atomic E-state index is 0.451.